The highest BCUT2D eigenvalue weighted by Crippen LogP contribution is 2.31. The van der Waals surface area contributed by atoms with Gasteiger partial charge in [0.05, 0.1) is 11.6 Å². The molecule has 100 valence electrons. The molecule has 2 unspecified atom stereocenters. The van der Waals surface area contributed by atoms with Crippen LogP contribution in [0.5, 0.6) is 0 Å². The van der Waals surface area contributed by atoms with Gasteiger partial charge in [-0.05, 0) is 39.4 Å². The average molecular weight is 256 g/mol. The summed E-state index contributed by atoms with van der Waals surface area (Å²) in [5, 5.41) is 11.8. The van der Waals surface area contributed by atoms with Crippen molar-refractivity contribution in [3.63, 3.8) is 0 Å². The largest absolute Gasteiger partial charge is 0.387 e. The van der Waals surface area contributed by atoms with E-state index in [4.69, 9.17) is 0 Å². The number of pyridine rings is 1. The van der Waals surface area contributed by atoms with Crippen LogP contribution in [0.25, 0.3) is 10.9 Å². The van der Waals surface area contributed by atoms with Gasteiger partial charge in [-0.15, -0.1) is 0 Å². The number of likely N-dealkylation sites (N-methyl/N-ethyl adjacent to an activating group) is 1. The monoisotopic (exact) mass is 256 g/mol. The van der Waals surface area contributed by atoms with Gasteiger partial charge in [0.25, 0.3) is 0 Å². The molecule has 3 nitrogen and oxygen atoms in total. The molecule has 1 aromatic heterocycles. The minimum absolute atomic E-state index is 0.216. The Morgan fingerprint density at radius 2 is 2.16 bits per heavy atom. The predicted octanol–water partition coefficient (Wildman–Crippen LogP) is 2.67. The van der Waals surface area contributed by atoms with E-state index in [1.165, 1.54) is 0 Å². The number of aliphatic hydroxyl groups excluding tert-OH is 1. The average Bonchev–Trinajstić information content (AvgIpc) is 2.83. The second-order valence-electron chi connectivity index (χ2n) is 5.51. The Kier molecular flexibility index (Phi) is 3.25. The highest BCUT2D eigenvalue weighted by molar-refractivity contribution is 5.82. The van der Waals surface area contributed by atoms with E-state index in [2.05, 4.69) is 29.1 Å². The summed E-state index contributed by atoms with van der Waals surface area (Å²) >= 11 is 0. The number of para-hydroxylation sites is 1. The summed E-state index contributed by atoms with van der Waals surface area (Å²) in [5.41, 5.74) is 2.89. The van der Waals surface area contributed by atoms with Crippen molar-refractivity contribution in [2.75, 3.05) is 13.6 Å². The van der Waals surface area contributed by atoms with Gasteiger partial charge in [0.15, 0.2) is 0 Å². The van der Waals surface area contributed by atoms with Crippen LogP contribution in [0.3, 0.4) is 0 Å². The van der Waals surface area contributed by atoms with Crippen LogP contribution in [0, 0.1) is 6.92 Å². The van der Waals surface area contributed by atoms with Crippen molar-refractivity contribution < 1.29 is 5.11 Å². The lowest BCUT2D eigenvalue weighted by atomic mass is 9.97. The van der Waals surface area contributed by atoms with Crippen molar-refractivity contribution >= 4 is 10.9 Å². The summed E-state index contributed by atoms with van der Waals surface area (Å²) in [6, 6.07) is 10.4. The molecule has 1 aliphatic rings. The molecule has 1 aliphatic heterocycles. The standard InChI is InChI=1S/C16H20N2O/c1-11-8-9-12-5-3-6-13(15(12)17-11)16(19)14-7-4-10-18(14)2/h3,5-6,8-9,14,16,19H,4,7,10H2,1-2H3. The molecule has 0 aliphatic carbocycles. The van der Waals surface area contributed by atoms with Gasteiger partial charge in [0.2, 0.25) is 0 Å². The Hall–Kier alpha value is -1.45. The first-order valence-corrected chi connectivity index (χ1v) is 6.91. The fraction of sp³-hybridized carbons (Fsp3) is 0.438. The Bertz CT molecular complexity index is 596. The fourth-order valence-corrected chi connectivity index (χ4v) is 3.05. The Morgan fingerprint density at radius 1 is 1.32 bits per heavy atom. The maximum Gasteiger partial charge on any atom is 0.0966 e. The molecule has 0 radical (unpaired) electrons. The van der Waals surface area contributed by atoms with Gasteiger partial charge in [-0.25, -0.2) is 0 Å². The number of likely N-dealkylation sites (tertiary alicyclic amines) is 1. The first-order chi connectivity index (χ1) is 9.16. The quantitative estimate of drug-likeness (QED) is 0.897. The molecule has 3 heteroatoms. The molecular weight excluding hydrogens is 236 g/mol. The first kappa shape index (κ1) is 12.6. The zero-order valence-electron chi connectivity index (χ0n) is 11.5. The number of aryl methyl sites for hydroxylation is 1. The second kappa shape index (κ2) is 4.91. The summed E-state index contributed by atoms with van der Waals surface area (Å²) in [6.45, 7) is 3.06. The number of fused-ring (bicyclic) bond motifs is 1. The lowest BCUT2D eigenvalue weighted by Crippen LogP contribution is -2.31. The molecule has 0 bridgehead atoms. The molecule has 2 aromatic rings. The Labute approximate surface area is 113 Å². The zero-order chi connectivity index (χ0) is 13.4. The molecular formula is C16H20N2O. The maximum atomic E-state index is 10.7. The minimum Gasteiger partial charge on any atom is -0.387 e. The van der Waals surface area contributed by atoms with E-state index in [0.29, 0.717) is 0 Å². The lowest BCUT2D eigenvalue weighted by Gasteiger charge is -2.25. The van der Waals surface area contributed by atoms with Crippen molar-refractivity contribution in [1.82, 2.24) is 9.88 Å². The van der Waals surface area contributed by atoms with Gasteiger partial charge in [-0.1, -0.05) is 24.3 Å². The van der Waals surface area contributed by atoms with E-state index in [0.717, 1.165) is 41.5 Å². The van der Waals surface area contributed by atoms with Crippen LogP contribution in [0.1, 0.15) is 30.2 Å². The third kappa shape index (κ3) is 2.24. The molecule has 0 spiro atoms. The maximum absolute atomic E-state index is 10.7. The van der Waals surface area contributed by atoms with E-state index in [1.54, 1.807) is 0 Å². The van der Waals surface area contributed by atoms with E-state index in [-0.39, 0.29) is 6.04 Å². The van der Waals surface area contributed by atoms with Crippen LogP contribution in [0.2, 0.25) is 0 Å². The Morgan fingerprint density at radius 3 is 2.89 bits per heavy atom. The number of benzene rings is 1. The van der Waals surface area contributed by atoms with Crippen LogP contribution in [-0.4, -0.2) is 34.6 Å². The first-order valence-electron chi connectivity index (χ1n) is 6.91. The van der Waals surface area contributed by atoms with E-state index >= 15 is 0 Å². The predicted molar refractivity (Wildman–Crippen MR) is 77.1 cm³/mol. The molecule has 1 aromatic carbocycles. The van der Waals surface area contributed by atoms with Crippen LogP contribution in [-0.2, 0) is 0 Å². The van der Waals surface area contributed by atoms with Crippen LogP contribution >= 0.6 is 0 Å². The Balaban J connectivity index is 2.06. The SMILES string of the molecule is Cc1ccc2cccc(C(O)C3CCCN3C)c2n1. The van der Waals surface area contributed by atoms with Crippen LogP contribution in [0.15, 0.2) is 30.3 Å². The normalized spacial score (nSPS) is 21.9. The molecule has 1 N–H and O–H groups in total. The summed E-state index contributed by atoms with van der Waals surface area (Å²) in [6.07, 6.45) is 1.76. The number of hydrogen-bond acceptors (Lipinski definition) is 3. The molecule has 3 rings (SSSR count). The van der Waals surface area contributed by atoms with Crippen molar-refractivity contribution in [3.8, 4) is 0 Å². The molecule has 1 saturated heterocycles. The molecule has 0 amide bonds. The smallest absolute Gasteiger partial charge is 0.0966 e. The van der Waals surface area contributed by atoms with Crippen molar-refractivity contribution in [2.45, 2.75) is 31.9 Å². The van der Waals surface area contributed by atoms with Crippen LogP contribution < -0.4 is 0 Å². The van der Waals surface area contributed by atoms with Crippen LogP contribution in [0.4, 0.5) is 0 Å². The van der Waals surface area contributed by atoms with Gasteiger partial charge in [-0.3, -0.25) is 4.98 Å². The van der Waals surface area contributed by atoms with E-state index in [9.17, 15) is 5.11 Å². The number of nitrogens with zero attached hydrogens (tertiary/aromatic N) is 2. The summed E-state index contributed by atoms with van der Waals surface area (Å²) in [4.78, 5) is 6.86. The molecule has 2 atom stereocenters. The molecule has 1 fully saturated rings. The summed E-state index contributed by atoms with van der Waals surface area (Å²) in [5.74, 6) is 0. The van der Waals surface area contributed by atoms with Crippen molar-refractivity contribution in [3.05, 3.63) is 41.6 Å². The number of aromatic nitrogens is 1. The van der Waals surface area contributed by atoms with Crippen molar-refractivity contribution in [1.29, 1.82) is 0 Å². The van der Waals surface area contributed by atoms with Gasteiger partial charge >= 0.3 is 0 Å². The highest BCUT2D eigenvalue weighted by atomic mass is 16.3. The topological polar surface area (TPSA) is 36.4 Å². The van der Waals surface area contributed by atoms with Gasteiger partial charge in [0, 0.05) is 22.7 Å². The third-order valence-corrected chi connectivity index (χ3v) is 4.15. The molecule has 0 saturated carbocycles. The fourth-order valence-electron chi connectivity index (χ4n) is 3.05. The highest BCUT2D eigenvalue weighted by Gasteiger charge is 2.30. The van der Waals surface area contributed by atoms with Crippen molar-refractivity contribution in [2.24, 2.45) is 0 Å². The second-order valence-corrected chi connectivity index (χ2v) is 5.51. The third-order valence-electron chi connectivity index (χ3n) is 4.15. The lowest BCUT2D eigenvalue weighted by molar-refractivity contribution is 0.0867. The number of aliphatic hydroxyl groups is 1. The van der Waals surface area contributed by atoms with E-state index in [1.807, 2.05) is 25.1 Å². The summed E-state index contributed by atoms with van der Waals surface area (Å²) in [7, 11) is 2.09. The minimum atomic E-state index is -0.453. The van der Waals surface area contributed by atoms with Gasteiger partial charge in [-0.2, -0.15) is 0 Å². The zero-order valence-corrected chi connectivity index (χ0v) is 11.5. The van der Waals surface area contributed by atoms with Gasteiger partial charge in [0.1, 0.15) is 0 Å². The summed E-state index contributed by atoms with van der Waals surface area (Å²) < 4.78 is 0. The molecule has 2 heterocycles. The van der Waals surface area contributed by atoms with E-state index < -0.39 is 6.10 Å². The number of rotatable bonds is 2. The van der Waals surface area contributed by atoms with Gasteiger partial charge < -0.3 is 10.0 Å². The molecule has 19 heavy (non-hydrogen) atoms. The number of hydrogen-bond donors (Lipinski definition) is 1.